The molecule has 0 radical (unpaired) electrons. The Morgan fingerprint density at radius 3 is 2.05 bits per heavy atom. The lowest BCUT2D eigenvalue weighted by Crippen LogP contribution is -2.18. The summed E-state index contributed by atoms with van der Waals surface area (Å²) in [5, 5.41) is 0. The Morgan fingerprint density at radius 2 is 1.59 bits per heavy atom. The van der Waals surface area contributed by atoms with E-state index in [1.165, 1.54) is 6.08 Å². The summed E-state index contributed by atoms with van der Waals surface area (Å²) >= 11 is 0. The predicted molar refractivity (Wildman–Crippen MR) is 81.8 cm³/mol. The third kappa shape index (κ3) is 5.33. The molecule has 1 rings (SSSR count). The maximum absolute atomic E-state index is 11.8. The Bertz CT molecular complexity index is 582. The van der Waals surface area contributed by atoms with Gasteiger partial charge in [-0.25, -0.2) is 9.59 Å². The topological polar surface area (TPSA) is 61.8 Å². The Kier molecular flexibility index (Phi) is 7.27. The van der Waals surface area contributed by atoms with Gasteiger partial charge < -0.3 is 14.2 Å². The zero-order chi connectivity index (χ0) is 16.4. The van der Waals surface area contributed by atoms with E-state index < -0.39 is 11.9 Å². The molecule has 0 N–H and O–H groups in total. The van der Waals surface area contributed by atoms with Crippen LogP contribution in [0.15, 0.2) is 29.8 Å². The third-order valence-electron chi connectivity index (χ3n) is 2.45. The van der Waals surface area contributed by atoms with Crippen LogP contribution in [0.4, 0.5) is 0 Å². The fourth-order valence-corrected chi connectivity index (χ4v) is 1.53. The molecule has 0 aromatic heterocycles. The van der Waals surface area contributed by atoms with Crippen LogP contribution in [0.1, 0.15) is 26.3 Å². The molecule has 0 fully saturated rings. The Labute approximate surface area is 129 Å². The van der Waals surface area contributed by atoms with Crippen LogP contribution < -0.4 is 4.74 Å². The van der Waals surface area contributed by atoms with Crippen molar-refractivity contribution in [3.05, 3.63) is 35.4 Å². The van der Waals surface area contributed by atoms with Crippen LogP contribution in [0.3, 0.4) is 0 Å². The van der Waals surface area contributed by atoms with E-state index in [0.29, 0.717) is 11.3 Å². The molecular formula is C17H18O5. The molecule has 5 heteroatoms. The molecular weight excluding hydrogens is 284 g/mol. The van der Waals surface area contributed by atoms with E-state index in [0.717, 1.165) is 0 Å². The summed E-state index contributed by atoms with van der Waals surface area (Å²) in [5.74, 6) is 1.76. The maximum Gasteiger partial charge on any atom is 0.345 e. The summed E-state index contributed by atoms with van der Waals surface area (Å²) in [6.45, 7) is 5.36. The zero-order valence-corrected chi connectivity index (χ0v) is 12.8. The van der Waals surface area contributed by atoms with Crippen molar-refractivity contribution in [1.82, 2.24) is 0 Å². The minimum Gasteiger partial charge on any atom is -0.462 e. The second-order valence-corrected chi connectivity index (χ2v) is 4.02. The van der Waals surface area contributed by atoms with E-state index >= 15 is 0 Å². The summed E-state index contributed by atoms with van der Waals surface area (Å²) in [6.07, 6.45) is 3.90. The van der Waals surface area contributed by atoms with Gasteiger partial charge in [-0.05, 0) is 37.6 Å². The molecule has 0 spiro atoms. The SMILES string of the molecule is CC#COc1ccc(C=C(C(=O)OCC)C(=O)OCC)cc1. The first kappa shape index (κ1) is 17.3. The summed E-state index contributed by atoms with van der Waals surface area (Å²) < 4.78 is 14.9. The van der Waals surface area contributed by atoms with Crippen molar-refractivity contribution in [1.29, 1.82) is 0 Å². The lowest BCUT2D eigenvalue weighted by Gasteiger charge is -2.06. The van der Waals surface area contributed by atoms with Gasteiger partial charge in [-0.1, -0.05) is 18.1 Å². The van der Waals surface area contributed by atoms with Gasteiger partial charge in [-0.3, -0.25) is 0 Å². The lowest BCUT2D eigenvalue weighted by atomic mass is 10.1. The monoisotopic (exact) mass is 302 g/mol. The fourth-order valence-electron chi connectivity index (χ4n) is 1.53. The Hall–Kier alpha value is -2.74. The zero-order valence-electron chi connectivity index (χ0n) is 12.8. The highest BCUT2D eigenvalue weighted by molar-refractivity contribution is 6.17. The van der Waals surface area contributed by atoms with Crippen LogP contribution in [-0.2, 0) is 19.1 Å². The van der Waals surface area contributed by atoms with Gasteiger partial charge >= 0.3 is 11.9 Å². The molecule has 0 amide bonds. The highest BCUT2D eigenvalue weighted by Gasteiger charge is 2.20. The largest absolute Gasteiger partial charge is 0.462 e. The minimum atomic E-state index is -0.710. The molecule has 1 aromatic rings. The van der Waals surface area contributed by atoms with Crippen molar-refractivity contribution >= 4 is 18.0 Å². The van der Waals surface area contributed by atoms with Crippen molar-refractivity contribution in [3.8, 4) is 17.8 Å². The lowest BCUT2D eigenvalue weighted by molar-refractivity contribution is -0.146. The van der Waals surface area contributed by atoms with Crippen molar-refractivity contribution < 1.29 is 23.8 Å². The van der Waals surface area contributed by atoms with E-state index in [2.05, 4.69) is 12.0 Å². The second-order valence-electron chi connectivity index (χ2n) is 4.02. The first-order valence-electron chi connectivity index (χ1n) is 6.87. The van der Waals surface area contributed by atoms with Crippen molar-refractivity contribution in [2.45, 2.75) is 20.8 Å². The molecule has 5 nitrogen and oxygen atoms in total. The number of hydrogen-bond acceptors (Lipinski definition) is 5. The third-order valence-corrected chi connectivity index (χ3v) is 2.45. The average molecular weight is 302 g/mol. The summed E-state index contributed by atoms with van der Waals surface area (Å²) in [4.78, 5) is 23.7. The first-order chi connectivity index (χ1) is 10.6. The van der Waals surface area contributed by atoms with Gasteiger partial charge in [0.15, 0.2) is 0 Å². The van der Waals surface area contributed by atoms with Crippen LogP contribution >= 0.6 is 0 Å². The quantitative estimate of drug-likeness (QED) is 0.266. The van der Waals surface area contributed by atoms with Gasteiger partial charge in [-0.2, -0.15) is 0 Å². The number of benzene rings is 1. The molecule has 0 aliphatic carbocycles. The molecule has 0 saturated carbocycles. The average Bonchev–Trinajstić information content (AvgIpc) is 2.52. The standard InChI is InChI=1S/C17H18O5/c1-4-11-22-14-9-7-13(8-10-14)12-15(16(18)20-5-2)17(19)21-6-3/h7-10,12H,5-6H2,1-3H3. The van der Waals surface area contributed by atoms with E-state index in [-0.39, 0.29) is 18.8 Å². The number of carbonyl (C=O) groups excluding carboxylic acids is 2. The van der Waals surface area contributed by atoms with Gasteiger partial charge in [0.25, 0.3) is 0 Å². The summed E-state index contributed by atoms with van der Waals surface area (Å²) in [6, 6.07) is 6.77. The maximum atomic E-state index is 11.8. The predicted octanol–water partition coefficient (Wildman–Crippen LogP) is 2.56. The van der Waals surface area contributed by atoms with Crippen LogP contribution in [0.25, 0.3) is 6.08 Å². The summed E-state index contributed by atoms with van der Waals surface area (Å²) in [5.41, 5.74) is 0.499. The molecule has 22 heavy (non-hydrogen) atoms. The van der Waals surface area contributed by atoms with Gasteiger partial charge in [0.2, 0.25) is 0 Å². The first-order valence-corrected chi connectivity index (χ1v) is 6.87. The van der Waals surface area contributed by atoms with E-state index in [1.54, 1.807) is 45.0 Å². The van der Waals surface area contributed by atoms with E-state index in [1.807, 2.05) is 0 Å². The fraction of sp³-hybridized carbons (Fsp3) is 0.294. The number of rotatable bonds is 6. The van der Waals surface area contributed by atoms with Crippen molar-refractivity contribution in [3.63, 3.8) is 0 Å². The number of carbonyl (C=O) groups is 2. The number of esters is 2. The van der Waals surface area contributed by atoms with Crippen LogP contribution in [-0.4, -0.2) is 25.2 Å². The molecule has 0 heterocycles. The normalized spacial score (nSPS) is 9.05. The molecule has 116 valence electrons. The Morgan fingerprint density at radius 1 is 1.05 bits per heavy atom. The molecule has 0 saturated heterocycles. The van der Waals surface area contributed by atoms with Gasteiger partial charge in [0.05, 0.1) is 13.2 Å². The van der Waals surface area contributed by atoms with E-state index in [4.69, 9.17) is 14.2 Å². The highest BCUT2D eigenvalue weighted by atomic mass is 16.6. The van der Waals surface area contributed by atoms with Gasteiger partial charge in [0.1, 0.15) is 17.4 Å². The van der Waals surface area contributed by atoms with Gasteiger partial charge in [-0.15, -0.1) is 0 Å². The highest BCUT2D eigenvalue weighted by Crippen LogP contribution is 2.15. The van der Waals surface area contributed by atoms with Crippen molar-refractivity contribution in [2.24, 2.45) is 0 Å². The molecule has 0 aliphatic rings. The molecule has 1 aromatic carbocycles. The minimum absolute atomic E-state index is 0.147. The number of hydrogen-bond donors (Lipinski definition) is 0. The number of ether oxygens (including phenoxy) is 3. The molecule has 0 aliphatic heterocycles. The van der Waals surface area contributed by atoms with Crippen LogP contribution in [0.5, 0.6) is 5.75 Å². The molecule has 0 bridgehead atoms. The van der Waals surface area contributed by atoms with E-state index in [9.17, 15) is 9.59 Å². The summed E-state index contributed by atoms with van der Waals surface area (Å²) in [7, 11) is 0. The Balaban J connectivity index is 3.01. The van der Waals surface area contributed by atoms with Gasteiger partial charge in [0, 0.05) is 6.92 Å². The molecule has 0 unspecified atom stereocenters. The van der Waals surface area contributed by atoms with Crippen LogP contribution in [0.2, 0.25) is 0 Å². The molecule has 0 atom stereocenters. The van der Waals surface area contributed by atoms with Crippen LogP contribution in [0, 0.1) is 12.0 Å². The second kappa shape index (κ2) is 9.24. The smallest absolute Gasteiger partial charge is 0.345 e. The van der Waals surface area contributed by atoms with Crippen molar-refractivity contribution in [2.75, 3.05) is 13.2 Å².